The number of aromatic amines is 1. The van der Waals surface area contributed by atoms with E-state index in [1.807, 2.05) is 0 Å². The minimum Gasteiger partial charge on any atom is -0.389 e. The van der Waals surface area contributed by atoms with Crippen molar-refractivity contribution in [2.75, 3.05) is 0 Å². The van der Waals surface area contributed by atoms with E-state index < -0.39 is 11.0 Å². The number of rotatable bonds is 2. The second-order valence-corrected chi connectivity index (χ2v) is 3.38. The number of hydrogen-bond donors (Lipinski definition) is 2. The van der Waals surface area contributed by atoms with E-state index in [2.05, 4.69) is 4.98 Å². The highest BCUT2D eigenvalue weighted by Crippen LogP contribution is 2.31. The quantitative estimate of drug-likeness (QED) is 0.583. The van der Waals surface area contributed by atoms with Crippen LogP contribution in [0.1, 0.15) is 18.6 Å². The molecule has 5 heteroatoms. The molecule has 2 N–H and O–H groups in total. The Bertz CT molecular complexity index is 516. The smallest absolute Gasteiger partial charge is 0.279 e. The molecule has 0 unspecified atom stereocenters. The summed E-state index contributed by atoms with van der Waals surface area (Å²) in [6, 6.07) is 4.79. The minimum atomic E-state index is -0.722. The van der Waals surface area contributed by atoms with Crippen LogP contribution < -0.4 is 0 Å². The van der Waals surface area contributed by atoms with Crippen molar-refractivity contribution in [1.29, 1.82) is 0 Å². The van der Waals surface area contributed by atoms with Crippen LogP contribution in [0.2, 0.25) is 0 Å². The molecule has 0 amide bonds. The van der Waals surface area contributed by atoms with Gasteiger partial charge >= 0.3 is 0 Å². The number of H-pyrrole nitrogens is 1. The average Bonchev–Trinajstić information content (AvgIpc) is 2.60. The molecule has 0 bridgehead atoms. The Morgan fingerprint density at radius 1 is 1.53 bits per heavy atom. The number of nitrogens with zero attached hydrogens (tertiary/aromatic N) is 1. The first-order valence-corrected chi connectivity index (χ1v) is 4.53. The van der Waals surface area contributed by atoms with Crippen molar-refractivity contribution >= 4 is 16.6 Å². The monoisotopic (exact) mass is 206 g/mol. The molecular weight excluding hydrogens is 196 g/mol. The number of aliphatic hydroxyl groups excluding tert-OH is 1. The predicted octanol–water partition coefficient (Wildman–Crippen LogP) is 2.13. The number of aliphatic hydroxyl groups is 1. The first kappa shape index (κ1) is 9.67. The molecule has 0 spiro atoms. The van der Waals surface area contributed by atoms with Gasteiger partial charge in [-0.25, -0.2) is 0 Å². The van der Waals surface area contributed by atoms with Gasteiger partial charge in [-0.3, -0.25) is 10.1 Å². The fourth-order valence-electron chi connectivity index (χ4n) is 1.67. The van der Waals surface area contributed by atoms with Crippen LogP contribution in [0.15, 0.2) is 24.4 Å². The van der Waals surface area contributed by atoms with Crippen LogP contribution in [0.4, 0.5) is 5.69 Å². The lowest BCUT2D eigenvalue weighted by Crippen LogP contribution is -1.93. The maximum absolute atomic E-state index is 10.8. The normalized spacial score (nSPS) is 12.9. The van der Waals surface area contributed by atoms with Crippen LogP contribution in [-0.4, -0.2) is 15.0 Å². The fourth-order valence-corrected chi connectivity index (χ4v) is 1.67. The molecule has 2 aromatic rings. The highest BCUT2D eigenvalue weighted by Gasteiger charge is 2.18. The number of benzene rings is 1. The van der Waals surface area contributed by atoms with E-state index in [9.17, 15) is 15.2 Å². The van der Waals surface area contributed by atoms with Gasteiger partial charge in [-0.1, -0.05) is 6.07 Å². The molecule has 0 saturated heterocycles. The third-order valence-corrected chi connectivity index (χ3v) is 2.36. The second kappa shape index (κ2) is 3.36. The van der Waals surface area contributed by atoms with E-state index in [0.29, 0.717) is 16.5 Å². The van der Waals surface area contributed by atoms with Gasteiger partial charge in [-0.2, -0.15) is 0 Å². The van der Waals surface area contributed by atoms with Gasteiger partial charge in [0.1, 0.15) is 0 Å². The third-order valence-electron chi connectivity index (χ3n) is 2.36. The molecule has 0 aliphatic heterocycles. The lowest BCUT2D eigenvalue weighted by Gasteiger charge is -2.01. The lowest BCUT2D eigenvalue weighted by molar-refractivity contribution is -0.383. The molecule has 0 aliphatic carbocycles. The van der Waals surface area contributed by atoms with Crippen LogP contribution in [0, 0.1) is 10.1 Å². The van der Waals surface area contributed by atoms with Gasteiger partial charge in [0.15, 0.2) is 0 Å². The Kier molecular flexibility index (Phi) is 2.17. The van der Waals surface area contributed by atoms with Crippen molar-refractivity contribution in [3.63, 3.8) is 0 Å². The first-order chi connectivity index (χ1) is 7.11. The van der Waals surface area contributed by atoms with Crippen molar-refractivity contribution in [2.24, 2.45) is 0 Å². The number of nitro groups is 1. The Morgan fingerprint density at radius 2 is 2.27 bits per heavy atom. The zero-order chi connectivity index (χ0) is 11.0. The third kappa shape index (κ3) is 1.46. The van der Waals surface area contributed by atoms with Crippen LogP contribution in [-0.2, 0) is 0 Å². The number of fused-ring (bicyclic) bond motifs is 1. The molecule has 0 saturated carbocycles. The number of nitrogens with one attached hydrogen (secondary N) is 1. The Hall–Kier alpha value is -1.88. The van der Waals surface area contributed by atoms with E-state index in [-0.39, 0.29) is 5.69 Å². The summed E-state index contributed by atoms with van der Waals surface area (Å²) in [6.07, 6.45) is 0.877. The number of aromatic nitrogens is 1. The summed E-state index contributed by atoms with van der Waals surface area (Å²) in [5, 5.41) is 20.8. The number of hydrogen-bond acceptors (Lipinski definition) is 3. The summed E-state index contributed by atoms with van der Waals surface area (Å²) >= 11 is 0. The zero-order valence-corrected chi connectivity index (χ0v) is 8.10. The highest BCUT2D eigenvalue weighted by molar-refractivity contribution is 5.92. The molecule has 1 aromatic carbocycles. The standard InChI is InChI=1S/C10H10N2O3/c1-6(13)7-5-11-8-3-2-4-9(10(7)8)12(14)15/h2-6,11,13H,1H3/t6-/m0/s1. The van der Waals surface area contributed by atoms with Crippen LogP contribution in [0.3, 0.4) is 0 Å². The molecule has 0 aliphatic rings. The lowest BCUT2D eigenvalue weighted by atomic mass is 10.1. The summed E-state index contributed by atoms with van der Waals surface area (Å²) in [5.41, 5.74) is 1.24. The van der Waals surface area contributed by atoms with Crippen molar-refractivity contribution in [3.05, 3.63) is 40.1 Å². The number of non-ortho nitro benzene ring substituents is 1. The molecule has 5 nitrogen and oxygen atoms in total. The van der Waals surface area contributed by atoms with Crippen molar-refractivity contribution in [3.8, 4) is 0 Å². The van der Waals surface area contributed by atoms with Crippen molar-refractivity contribution in [2.45, 2.75) is 13.0 Å². The average molecular weight is 206 g/mol. The van der Waals surface area contributed by atoms with E-state index in [0.717, 1.165) is 0 Å². The summed E-state index contributed by atoms with van der Waals surface area (Å²) in [7, 11) is 0. The van der Waals surface area contributed by atoms with Crippen LogP contribution in [0.25, 0.3) is 10.9 Å². The first-order valence-electron chi connectivity index (χ1n) is 4.53. The van der Waals surface area contributed by atoms with Crippen molar-refractivity contribution in [1.82, 2.24) is 4.98 Å². The maximum Gasteiger partial charge on any atom is 0.279 e. The van der Waals surface area contributed by atoms with Gasteiger partial charge in [0.2, 0.25) is 0 Å². The van der Waals surface area contributed by atoms with E-state index >= 15 is 0 Å². The van der Waals surface area contributed by atoms with Gasteiger partial charge in [0.05, 0.1) is 21.9 Å². The second-order valence-electron chi connectivity index (χ2n) is 3.38. The molecular formula is C10H10N2O3. The molecule has 78 valence electrons. The van der Waals surface area contributed by atoms with Gasteiger partial charge in [0.25, 0.3) is 5.69 Å². The molecule has 2 rings (SSSR count). The Labute approximate surface area is 85.5 Å². The van der Waals surface area contributed by atoms with Gasteiger partial charge in [-0.05, 0) is 13.0 Å². The maximum atomic E-state index is 10.8. The predicted molar refractivity (Wildman–Crippen MR) is 55.6 cm³/mol. The minimum absolute atomic E-state index is 0.0182. The van der Waals surface area contributed by atoms with Crippen molar-refractivity contribution < 1.29 is 10.0 Å². The largest absolute Gasteiger partial charge is 0.389 e. The SMILES string of the molecule is C[C@H](O)c1c[nH]c2cccc([N+](=O)[O-])c12. The molecule has 0 fully saturated rings. The Balaban J connectivity index is 2.80. The van der Waals surface area contributed by atoms with E-state index in [1.165, 1.54) is 6.07 Å². The highest BCUT2D eigenvalue weighted by atomic mass is 16.6. The molecule has 1 heterocycles. The summed E-state index contributed by atoms with van der Waals surface area (Å²) in [4.78, 5) is 13.3. The Morgan fingerprint density at radius 3 is 2.87 bits per heavy atom. The molecule has 15 heavy (non-hydrogen) atoms. The molecule has 1 atom stereocenters. The topological polar surface area (TPSA) is 79.2 Å². The van der Waals surface area contributed by atoms with E-state index in [4.69, 9.17) is 0 Å². The molecule has 1 aromatic heterocycles. The zero-order valence-electron chi connectivity index (χ0n) is 8.10. The molecule has 0 radical (unpaired) electrons. The van der Waals surface area contributed by atoms with Crippen LogP contribution >= 0.6 is 0 Å². The van der Waals surface area contributed by atoms with Crippen LogP contribution in [0.5, 0.6) is 0 Å². The fraction of sp³-hybridized carbons (Fsp3) is 0.200. The van der Waals surface area contributed by atoms with Gasteiger partial charge in [0, 0.05) is 17.8 Å². The van der Waals surface area contributed by atoms with Gasteiger partial charge in [-0.15, -0.1) is 0 Å². The number of nitro benzene ring substituents is 1. The van der Waals surface area contributed by atoms with E-state index in [1.54, 1.807) is 25.3 Å². The van der Waals surface area contributed by atoms with Gasteiger partial charge < -0.3 is 10.1 Å². The summed E-state index contributed by atoms with van der Waals surface area (Å²) in [6.45, 7) is 1.58. The summed E-state index contributed by atoms with van der Waals surface area (Å²) in [5.74, 6) is 0. The summed E-state index contributed by atoms with van der Waals surface area (Å²) < 4.78 is 0.